The minimum atomic E-state index is -0.261. The van der Waals surface area contributed by atoms with Crippen LogP contribution in [-0.2, 0) is 6.54 Å². The van der Waals surface area contributed by atoms with Gasteiger partial charge in [0.15, 0.2) is 0 Å². The smallest absolute Gasteiger partial charge is 0.258 e. The molecule has 144 valence electrons. The molecule has 2 N–H and O–H groups in total. The molecule has 28 heavy (non-hydrogen) atoms. The summed E-state index contributed by atoms with van der Waals surface area (Å²) in [4.78, 5) is 20.8. The zero-order valence-corrected chi connectivity index (χ0v) is 16.3. The summed E-state index contributed by atoms with van der Waals surface area (Å²) in [5, 5.41) is 5.98. The fraction of sp³-hybridized carbons (Fsp3) is 0.227. The Labute approximate surface area is 165 Å². The van der Waals surface area contributed by atoms with Crippen molar-refractivity contribution in [1.29, 1.82) is 0 Å². The summed E-state index contributed by atoms with van der Waals surface area (Å²) in [5.41, 5.74) is 3.43. The molecule has 0 aliphatic carbocycles. The van der Waals surface area contributed by atoms with Crippen LogP contribution in [0.1, 0.15) is 35.3 Å². The predicted octanol–water partition coefficient (Wildman–Crippen LogP) is 4.44. The average molecular weight is 376 g/mol. The lowest BCUT2D eigenvalue weighted by atomic mass is 10.1. The van der Waals surface area contributed by atoms with Crippen LogP contribution in [0.3, 0.4) is 0 Å². The highest BCUT2D eigenvalue weighted by atomic mass is 16.5. The van der Waals surface area contributed by atoms with Gasteiger partial charge in [-0.15, -0.1) is 0 Å². The average Bonchev–Trinajstić information content (AvgIpc) is 2.69. The first-order valence-electron chi connectivity index (χ1n) is 9.19. The van der Waals surface area contributed by atoms with Crippen molar-refractivity contribution >= 4 is 17.5 Å². The first kappa shape index (κ1) is 19.4. The van der Waals surface area contributed by atoms with Gasteiger partial charge in [0.05, 0.1) is 11.7 Å². The standard InChI is InChI=1S/C22H24N4O2/c1-15(2)28-20-10-8-19(9-11-20)26-21(27)18-13-24-22(25-14-18)23-12-17-6-4-16(3)5-7-17/h4-11,13-15H,12H2,1-3H3,(H,26,27)(H,23,24,25). The number of carbonyl (C=O) groups is 1. The maximum atomic E-state index is 12.4. The van der Waals surface area contributed by atoms with Gasteiger partial charge < -0.3 is 15.4 Å². The molecule has 0 radical (unpaired) electrons. The molecule has 0 saturated heterocycles. The third-order valence-electron chi connectivity index (χ3n) is 3.97. The monoisotopic (exact) mass is 376 g/mol. The van der Waals surface area contributed by atoms with Crippen molar-refractivity contribution < 1.29 is 9.53 Å². The van der Waals surface area contributed by atoms with Crippen molar-refractivity contribution in [2.24, 2.45) is 0 Å². The third-order valence-corrected chi connectivity index (χ3v) is 3.97. The highest BCUT2D eigenvalue weighted by Crippen LogP contribution is 2.17. The van der Waals surface area contributed by atoms with Gasteiger partial charge in [-0.1, -0.05) is 29.8 Å². The van der Waals surface area contributed by atoms with E-state index in [0.717, 1.165) is 11.3 Å². The maximum absolute atomic E-state index is 12.4. The number of aryl methyl sites for hydroxylation is 1. The van der Waals surface area contributed by atoms with Crippen molar-refractivity contribution in [1.82, 2.24) is 9.97 Å². The second kappa shape index (κ2) is 8.99. The summed E-state index contributed by atoms with van der Waals surface area (Å²) in [6, 6.07) is 15.5. The number of benzene rings is 2. The summed E-state index contributed by atoms with van der Waals surface area (Å²) < 4.78 is 5.59. The van der Waals surface area contributed by atoms with E-state index >= 15 is 0 Å². The van der Waals surface area contributed by atoms with Gasteiger partial charge in [-0.2, -0.15) is 0 Å². The molecule has 0 aliphatic heterocycles. The molecule has 6 heteroatoms. The second-order valence-electron chi connectivity index (χ2n) is 6.78. The number of amides is 1. The van der Waals surface area contributed by atoms with E-state index in [9.17, 15) is 4.79 Å². The number of nitrogens with one attached hydrogen (secondary N) is 2. The van der Waals surface area contributed by atoms with Crippen LogP contribution in [-0.4, -0.2) is 22.0 Å². The Morgan fingerprint density at radius 1 is 1.00 bits per heavy atom. The lowest BCUT2D eigenvalue weighted by Gasteiger charge is -2.10. The van der Waals surface area contributed by atoms with E-state index in [-0.39, 0.29) is 12.0 Å². The van der Waals surface area contributed by atoms with Gasteiger partial charge in [0.1, 0.15) is 5.75 Å². The molecule has 0 spiro atoms. The number of anilines is 2. The van der Waals surface area contributed by atoms with Crippen LogP contribution in [0.25, 0.3) is 0 Å². The molecule has 0 bridgehead atoms. The molecule has 1 amide bonds. The topological polar surface area (TPSA) is 76.1 Å². The summed E-state index contributed by atoms with van der Waals surface area (Å²) in [7, 11) is 0. The Morgan fingerprint density at radius 2 is 1.64 bits per heavy atom. The largest absolute Gasteiger partial charge is 0.491 e. The summed E-state index contributed by atoms with van der Waals surface area (Å²) in [6.45, 7) is 6.61. The van der Waals surface area contributed by atoms with Crippen LogP contribution < -0.4 is 15.4 Å². The first-order chi connectivity index (χ1) is 13.5. The molecule has 3 rings (SSSR count). The Morgan fingerprint density at radius 3 is 2.25 bits per heavy atom. The van der Waals surface area contributed by atoms with Crippen LogP contribution >= 0.6 is 0 Å². The molecule has 6 nitrogen and oxygen atoms in total. The highest BCUT2D eigenvalue weighted by Gasteiger charge is 2.08. The van der Waals surface area contributed by atoms with Crippen molar-refractivity contribution in [2.45, 2.75) is 33.4 Å². The van der Waals surface area contributed by atoms with Crippen molar-refractivity contribution in [3.05, 3.63) is 77.6 Å². The molecular formula is C22H24N4O2. The van der Waals surface area contributed by atoms with Crippen molar-refractivity contribution in [3.8, 4) is 5.75 Å². The fourth-order valence-electron chi connectivity index (χ4n) is 2.52. The minimum Gasteiger partial charge on any atom is -0.491 e. The lowest BCUT2D eigenvalue weighted by molar-refractivity contribution is 0.102. The molecule has 0 fully saturated rings. The SMILES string of the molecule is Cc1ccc(CNc2ncc(C(=O)Nc3ccc(OC(C)C)cc3)cn2)cc1. The molecule has 0 atom stereocenters. The van der Waals surface area contributed by atoms with Crippen molar-refractivity contribution in [2.75, 3.05) is 10.6 Å². The van der Waals surface area contributed by atoms with E-state index in [1.165, 1.54) is 18.0 Å². The second-order valence-corrected chi connectivity index (χ2v) is 6.78. The molecule has 0 saturated carbocycles. The van der Waals surface area contributed by atoms with Crippen LogP contribution in [0, 0.1) is 6.92 Å². The molecule has 1 aromatic heterocycles. The summed E-state index contributed by atoms with van der Waals surface area (Å²) >= 11 is 0. The summed E-state index contributed by atoms with van der Waals surface area (Å²) in [6.07, 6.45) is 3.13. The van der Waals surface area contributed by atoms with Crippen LogP contribution in [0.15, 0.2) is 60.9 Å². The number of nitrogens with zero attached hydrogens (tertiary/aromatic N) is 2. The maximum Gasteiger partial charge on any atom is 0.258 e. The fourth-order valence-corrected chi connectivity index (χ4v) is 2.52. The minimum absolute atomic E-state index is 0.107. The molecule has 2 aromatic carbocycles. The van der Waals surface area contributed by atoms with E-state index in [0.29, 0.717) is 23.7 Å². The van der Waals surface area contributed by atoms with Gasteiger partial charge in [-0.3, -0.25) is 4.79 Å². The highest BCUT2D eigenvalue weighted by molar-refractivity contribution is 6.03. The van der Waals surface area contributed by atoms with Gasteiger partial charge in [0.2, 0.25) is 5.95 Å². The Kier molecular flexibility index (Phi) is 6.22. The van der Waals surface area contributed by atoms with Gasteiger partial charge in [-0.05, 0) is 50.6 Å². The van der Waals surface area contributed by atoms with Gasteiger partial charge in [0.25, 0.3) is 5.91 Å². The zero-order valence-electron chi connectivity index (χ0n) is 16.3. The number of rotatable bonds is 7. The first-order valence-corrected chi connectivity index (χ1v) is 9.19. The number of hydrogen-bond acceptors (Lipinski definition) is 5. The van der Waals surface area contributed by atoms with Crippen LogP contribution in [0.2, 0.25) is 0 Å². The van der Waals surface area contributed by atoms with E-state index in [1.54, 1.807) is 12.1 Å². The molecule has 0 aliphatic rings. The van der Waals surface area contributed by atoms with Crippen molar-refractivity contribution in [3.63, 3.8) is 0 Å². The lowest BCUT2D eigenvalue weighted by Crippen LogP contribution is -2.13. The molecule has 1 heterocycles. The van der Waals surface area contributed by atoms with E-state index < -0.39 is 0 Å². The molecule has 0 unspecified atom stereocenters. The quantitative estimate of drug-likeness (QED) is 0.638. The van der Waals surface area contributed by atoms with E-state index in [4.69, 9.17) is 4.74 Å². The third kappa shape index (κ3) is 5.54. The Bertz CT molecular complexity index is 905. The molecular weight excluding hydrogens is 352 g/mol. The number of hydrogen-bond donors (Lipinski definition) is 2. The summed E-state index contributed by atoms with van der Waals surface area (Å²) in [5.74, 6) is 0.982. The predicted molar refractivity (Wildman–Crippen MR) is 111 cm³/mol. The number of aromatic nitrogens is 2. The van der Waals surface area contributed by atoms with E-state index in [2.05, 4.69) is 51.8 Å². The Balaban J connectivity index is 1.55. The molecule has 3 aromatic rings. The Hall–Kier alpha value is -3.41. The van der Waals surface area contributed by atoms with Crippen LogP contribution in [0.5, 0.6) is 5.75 Å². The number of ether oxygens (including phenoxy) is 1. The zero-order chi connectivity index (χ0) is 19.9. The van der Waals surface area contributed by atoms with E-state index in [1.807, 2.05) is 26.0 Å². The van der Waals surface area contributed by atoms with Gasteiger partial charge in [0, 0.05) is 24.6 Å². The number of carbonyl (C=O) groups excluding carboxylic acids is 1. The van der Waals surface area contributed by atoms with Gasteiger partial charge >= 0.3 is 0 Å². The normalized spacial score (nSPS) is 10.6. The van der Waals surface area contributed by atoms with Crippen LogP contribution in [0.4, 0.5) is 11.6 Å². The van der Waals surface area contributed by atoms with Gasteiger partial charge in [-0.25, -0.2) is 9.97 Å².